The quantitative estimate of drug-likeness (QED) is 0.302. The number of carbonyl (C=O) groups excluding carboxylic acids is 1. The van der Waals surface area contributed by atoms with Crippen LogP contribution in [-0.4, -0.2) is 39.5 Å². The molecule has 0 aliphatic heterocycles. The van der Waals surface area contributed by atoms with Crippen LogP contribution in [-0.2, 0) is 17.9 Å². The Morgan fingerprint density at radius 3 is 2.45 bits per heavy atom. The lowest BCUT2D eigenvalue weighted by Gasteiger charge is -2.21. The molecule has 1 amide bonds. The fourth-order valence-corrected chi connectivity index (χ4v) is 4.07. The lowest BCUT2D eigenvalue weighted by molar-refractivity contribution is -0.113. The molecule has 0 fully saturated rings. The third kappa shape index (κ3) is 6.86. The number of nitrogens with zero attached hydrogens (tertiary/aromatic N) is 4. The summed E-state index contributed by atoms with van der Waals surface area (Å²) in [6.07, 6.45) is 1.78. The molecule has 0 saturated heterocycles. The number of anilines is 2. The van der Waals surface area contributed by atoms with Crippen LogP contribution < -0.4 is 15.0 Å². The van der Waals surface area contributed by atoms with Crippen LogP contribution in [0.5, 0.6) is 5.75 Å². The maximum atomic E-state index is 12.5. The van der Waals surface area contributed by atoms with Gasteiger partial charge in [-0.1, -0.05) is 35.5 Å². The maximum Gasteiger partial charge on any atom is 0.234 e. The molecule has 3 rings (SSSR count). The normalized spacial score (nSPS) is 10.6. The van der Waals surface area contributed by atoms with Crippen LogP contribution >= 0.6 is 11.8 Å². The Hall–Kier alpha value is -3.26. The van der Waals surface area contributed by atoms with Crippen molar-refractivity contribution in [3.63, 3.8) is 0 Å². The molecule has 0 saturated carbocycles. The molecule has 0 atom stereocenters. The Balaban J connectivity index is 1.57. The summed E-state index contributed by atoms with van der Waals surface area (Å²) >= 11 is 1.34. The van der Waals surface area contributed by atoms with Gasteiger partial charge < -0.3 is 15.0 Å². The zero-order valence-electron chi connectivity index (χ0n) is 19.5. The van der Waals surface area contributed by atoms with Gasteiger partial charge in [-0.25, -0.2) is 0 Å². The Morgan fingerprint density at radius 2 is 1.82 bits per heavy atom. The molecular weight excluding hydrogens is 434 g/mol. The fourth-order valence-electron chi connectivity index (χ4n) is 3.30. The number of aryl methyl sites for hydroxylation is 1. The largest absolute Gasteiger partial charge is 0.486 e. The molecule has 2 aromatic carbocycles. The van der Waals surface area contributed by atoms with Crippen LogP contribution in [0.2, 0.25) is 0 Å². The minimum Gasteiger partial charge on any atom is -0.486 e. The summed E-state index contributed by atoms with van der Waals surface area (Å²) in [6.45, 7) is 12.8. The summed E-state index contributed by atoms with van der Waals surface area (Å²) in [5.74, 6) is 1.59. The molecule has 0 aliphatic carbocycles. The number of allylic oxidation sites excluding steroid dienone is 1. The van der Waals surface area contributed by atoms with Crippen LogP contribution in [0, 0.1) is 6.92 Å². The lowest BCUT2D eigenvalue weighted by atomic mass is 10.2. The van der Waals surface area contributed by atoms with Crippen LogP contribution in [0.1, 0.15) is 25.2 Å². The van der Waals surface area contributed by atoms with Gasteiger partial charge in [0.05, 0.1) is 5.75 Å². The average molecular weight is 466 g/mol. The fraction of sp³-hybridized carbons (Fsp3) is 0.320. The minimum atomic E-state index is -0.0961. The highest BCUT2D eigenvalue weighted by Gasteiger charge is 2.14. The average Bonchev–Trinajstić information content (AvgIpc) is 3.21. The summed E-state index contributed by atoms with van der Waals surface area (Å²) in [4.78, 5) is 14.7. The van der Waals surface area contributed by atoms with Crippen molar-refractivity contribution in [2.45, 2.75) is 39.1 Å². The Bertz CT molecular complexity index is 1040. The molecular formula is C25H31N5O2S. The van der Waals surface area contributed by atoms with Gasteiger partial charge in [0.2, 0.25) is 5.91 Å². The number of hydrogen-bond donors (Lipinski definition) is 1. The molecule has 0 bridgehead atoms. The second-order valence-electron chi connectivity index (χ2n) is 7.46. The van der Waals surface area contributed by atoms with Gasteiger partial charge in [0, 0.05) is 31.0 Å². The van der Waals surface area contributed by atoms with Gasteiger partial charge in [0.25, 0.3) is 0 Å². The Morgan fingerprint density at radius 1 is 1.12 bits per heavy atom. The van der Waals surface area contributed by atoms with Gasteiger partial charge in [-0.2, -0.15) is 0 Å². The van der Waals surface area contributed by atoms with Gasteiger partial charge in [0.1, 0.15) is 12.4 Å². The van der Waals surface area contributed by atoms with E-state index in [9.17, 15) is 4.79 Å². The molecule has 1 heterocycles. The predicted molar refractivity (Wildman–Crippen MR) is 135 cm³/mol. The van der Waals surface area contributed by atoms with Gasteiger partial charge in [-0.3, -0.25) is 9.36 Å². The number of benzene rings is 2. The Kier molecular flexibility index (Phi) is 8.95. The zero-order valence-corrected chi connectivity index (χ0v) is 20.3. The first-order chi connectivity index (χ1) is 16.0. The predicted octanol–water partition coefficient (Wildman–Crippen LogP) is 4.93. The van der Waals surface area contributed by atoms with E-state index in [0.29, 0.717) is 17.5 Å². The van der Waals surface area contributed by atoms with Crippen molar-refractivity contribution in [3.05, 3.63) is 72.6 Å². The van der Waals surface area contributed by atoms with Crippen molar-refractivity contribution in [1.29, 1.82) is 0 Å². The maximum absolute atomic E-state index is 12.5. The molecule has 0 radical (unpaired) electrons. The molecule has 1 aromatic heterocycles. The molecule has 0 aliphatic rings. The molecule has 8 heteroatoms. The topological polar surface area (TPSA) is 72.3 Å². The van der Waals surface area contributed by atoms with Crippen molar-refractivity contribution in [3.8, 4) is 5.75 Å². The molecule has 33 heavy (non-hydrogen) atoms. The van der Waals surface area contributed by atoms with Gasteiger partial charge >= 0.3 is 0 Å². The van der Waals surface area contributed by atoms with E-state index >= 15 is 0 Å². The molecule has 7 nitrogen and oxygen atoms in total. The number of amides is 1. The summed E-state index contributed by atoms with van der Waals surface area (Å²) in [7, 11) is 0. The monoisotopic (exact) mass is 465 g/mol. The highest BCUT2D eigenvalue weighted by molar-refractivity contribution is 7.99. The third-order valence-electron chi connectivity index (χ3n) is 5.11. The second-order valence-corrected chi connectivity index (χ2v) is 8.40. The number of hydrogen-bond acceptors (Lipinski definition) is 6. The molecule has 1 N–H and O–H groups in total. The van der Waals surface area contributed by atoms with E-state index in [1.807, 2.05) is 60.0 Å². The van der Waals surface area contributed by atoms with E-state index < -0.39 is 0 Å². The van der Waals surface area contributed by atoms with Crippen LogP contribution in [0.3, 0.4) is 0 Å². The van der Waals surface area contributed by atoms with E-state index in [1.165, 1.54) is 17.3 Å². The molecule has 0 spiro atoms. The summed E-state index contributed by atoms with van der Waals surface area (Å²) in [6, 6.07) is 15.8. The number of carbonyl (C=O) groups is 1. The van der Waals surface area contributed by atoms with E-state index in [1.54, 1.807) is 6.08 Å². The second kappa shape index (κ2) is 12.1. The van der Waals surface area contributed by atoms with Crippen molar-refractivity contribution in [2.24, 2.45) is 0 Å². The highest BCUT2D eigenvalue weighted by Crippen LogP contribution is 2.21. The first-order valence-electron chi connectivity index (χ1n) is 11.0. The molecule has 0 unspecified atom stereocenters. The minimum absolute atomic E-state index is 0.0961. The van der Waals surface area contributed by atoms with Crippen molar-refractivity contribution in [1.82, 2.24) is 14.8 Å². The highest BCUT2D eigenvalue weighted by atomic mass is 32.2. The van der Waals surface area contributed by atoms with E-state index in [-0.39, 0.29) is 18.3 Å². The van der Waals surface area contributed by atoms with E-state index in [4.69, 9.17) is 4.74 Å². The van der Waals surface area contributed by atoms with E-state index in [2.05, 4.69) is 40.8 Å². The number of nitrogens with one attached hydrogen (secondary N) is 1. The van der Waals surface area contributed by atoms with Crippen LogP contribution in [0.25, 0.3) is 0 Å². The summed E-state index contributed by atoms with van der Waals surface area (Å²) in [5, 5.41) is 12.1. The van der Waals surface area contributed by atoms with Crippen LogP contribution in [0.15, 0.2) is 66.3 Å². The first-order valence-corrected chi connectivity index (χ1v) is 12.0. The van der Waals surface area contributed by atoms with Gasteiger partial charge in [0.15, 0.2) is 11.0 Å². The summed E-state index contributed by atoms with van der Waals surface area (Å²) in [5.41, 5.74) is 3.09. The van der Waals surface area contributed by atoms with E-state index in [0.717, 1.165) is 30.2 Å². The number of aromatic nitrogens is 3. The Labute approximate surface area is 199 Å². The SMILES string of the molecule is C=CCn1c(COc2ccc(C)cc2)nnc1SCC(=O)Nc1ccc(N(CC)CC)cc1. The summed E-state index contributed by atoms with van der Waals surface area (Å²) < 4.78 is 7.76. The molecule has 174 valence electrons. The van der Waals surface area contributed by atoms with Crippen molar-refractivity contribution < 1.29 is 9.53 Å². The van der Waals surface area contributed by atoms with Crippen molar-refractivity contribution in [2.75, 3.05) is 29.1 Å². The standard InChI is InChI=1S/C25H31N5O2S/c1-5-16-30-23(17-32-22-14-8-19(4)9-15-22)27-28-25(30)33-18-24(31)26-20-10-12-21(13-11-20)29(6-2)7-3/h5,8-15H,1,6-7,16-18H2,2-4H3,(H,26,31). The lowest BCUT2D eigenvalue weighted by Crippen LogP contribution is -2.21. The number of rotatable bonds is 12. The number of thioether (sulfide) groups is 1. The molecule has 3 aromatic rings. The van der Waals surface area contributed by atoms with Crippen molar-refractivity contribution >= 4 is 29.0 Å². The zero-order chi connectivity index (χ0) is 23.6. The van der Waals surface area contributed by atoms with Gasteiger partial charge in [-0.15, -0.1) is 16.8 Å². The smallest absolute Gasteiger partial charge is 0.234 e. The van der Waals surface area contributed by atoms with Gasteiger partial charge in [-0.05, 0) is 57.2 Å². The van der Waals surface area contributed by atoms with Crippen LogP contribution in [0.4, 0.5) is 11.4 Å². The first kappa shape index (κ1) is 24.4. The third-order valence-corrected chi connectivity index (χ3v) is 6.07. The number of ether oxygens (including phenoxy) is 1.